The van der Waals surface area contributed by atoms with Gasteiger partial charge >= 0.3 is 5.97 Å². The van der Waals surface area contributed by atoms with Crippen molar-refractivity contribution >= 4 is 17.5 Å². The number of carboxylic acids is 1. The zero-order valence-electron chi connectivity index (χ0n) is 20.6. The highest BCUT2D eigenvalue weighted by molar-refractivity contribution is 5.96. The molecule has 0 aromatic carbocycles. The Kier molecular flexibility index (Phi) is 5.20. The van der Waals surface area contributed by atoms with Gasteiger partial charge in [-0.15, -0.1) is 0 Å². The Morgan fingerprint density at radius 1 is 1.03 bits per heavy atom. The van der Waals surface area contributed by atoms with Gasteiger partial charge in [-0.05, 0) is 90.4 Å². The predicted molar refractivity (Wildman–Crippen MR) is 124 cm³/mol. The number of aliphatic hydroxyl groups is 1. The molecule has 5 aliphatic carbocycles. The van der Waals surface area contributed by atoms with Crippen molar-refractivity contribution in [1.82, 2.24) is 0 Å². The van der Waals surface area contributed by atoms with Gasteiger partial charge in [-0.2, -0.15) is 0 Å². The third kappa shape index (κ3) is 3.13. The van der Waals surface area contributed by atoms with Gasteiger partial charge in [0, 0.05) is 18.3 Å². The molecule has 0 bridgehead atoms. The van der Waals surface area contributed by atoms with Crippen LogP contribution in [0.4, 0.5) is 0 Å². The van der Waals surface area contributed by atoms with Gasteiger partial charge in [0.05, 0.1) is 6.42 Å². The van der Waals surface area contributed by atoms with E-state index in [-0.39, 0.29) is 69.7 Å². The minimum Gasteiger partial charge on any atom is -0.505 e. The largest absolute Gasteiger partial charge is 0.505 e. The second kappa shape index (κ2) is 7.42. The molecule has 0 aliphatic heterocycles. The van der Waals surface area contributed by atoms with Crippen LogP contribution in [-0.4, -0.2) is 27.7 Å². The Hall–Kier alpha value is -1.65. The maximum absolute atomic E-state index is 14.0. The van der Waals surface area contributed by atoms with Gasteiger partial charge in [-0.25, -0.2) is 0 Å². The third-order valence-electron chi connectivity index (χ3n) is 11.6. The van der Waals surface area contributed by atoms with E-state index in [0.717, 1.165) is 44.9 Å². The lowest BCUT2D eigenvalue weighted by Crippen LogP contribution is -2.63. The fourth-order valence-electron chi connectivity index (χ4n) is 9.99. The van der Waals surface area contributed by atoms with Crippen LogP contribution in [0.15, 0.2) is 11.8 Å². The summed E-state index contributed by atoms with van der Waals surface area (Å²) in [5.41, 5.74) is -0.624. The highest BCUT2D eigenvalue weighted by atomic mass is 16.4. The summed E-state index contributed by atoms with van der Waals surface area (Å²) in [5.74, 6) is 0.297. The lowest BCUT2D eigenvalue weighted by Gasteiger charge is -2.66. The molecule has 0 radical (unpaired) electrons. The predicted octanol–water partition coefficient (Wildman–Crippen LogP) is 5.58. The monoisotopic (exact) mass is 456 g/mol. The number of rotatable bonds is 2. The van der Waals surface area contributed by atoms with Crippen molar-refractivity contribution in [3.05, 3.63) is 11.8 Å². The molecule has 5 aliphatic rings. The van der Waals surface area contributed by atoms with Crippen molar-refractivity contribution in [3.63, 3.8) is 0 Å². The van der Waals surface area contributed by atoms with Gasteiger partial charge in [-0.3, -0.25) is 14.4 Å². The Bertz CT molecular complexity index is 921. The van der Waals surface area contributed by atoms with E-state index in [1.807, 2.05) is 6.92 Å². The molecule has 0 amide bonds. The molecular weight excluding hydrogens is 416 g/mol. The summed E-state index contributed by atoms with van der Waals surface area (Å²) in [6.45, 7) is 8.74. The molecule has 0 aromatic rings. The van der Waals surface area contributed by atoms with Crippen molar-refractivity contribution < 1.29 is 24.6 Å². The first kappa shape index (κ1) is 23.1. The number of aliphatic carboxylic acids is 1. The van der Waals surface area contributed by atoms with Crippen LogP contribution < -0.4 is 0 Å². The first-order valence-corrected chi connectivity index (χ1v) is 13.1. The van der Waals surface area contributed by atoms with E-state index < -0.39 is 5.97 Å². The standard InChI is InChI=1S/C28H40O5/c1-15-5-9-28(14-23(31)32)10-7-18-24(19(28)11-15)20(29)12-22-26(18,3)8-6-17-16(2)25(33)21(30)13-27(17,22)4/h13,15-19,22,24,30H,5-12,14H2,1-4H3,(H,31,32)/t15?,16?,17?,18?,19?,22?,24?,26?,27?,28-/m1/s1. The molecule has 5 nitrogen and oxygen atoms in total. The number of hydrogen-bond donors (Lipinski definition) is 2. The fraction of sp³-hybridized carbons (Fsp3) is 0.821. The summed E-state index contributed by atoms with van der Waals surface area (Å²) in [6, 6.07) is 0. The van der Waals surface area contributed by atoms with Gasteiger partial charge in [0.15, 0.2) is 11.5 Å². The summed E-state index contributed by atoms with van der Waals surface area (Å²) < 4.78 is 0. The third-order valence-corrected chi connectivity index (χ3v) is 11.6. The second-order valence-electron chi connectivity index (χ2n) is 13.0. The van der Waals surface area contributed by atoms with Gasteiger partial charge in [-0.1, -0.05) is 34.1 Å². The normalized spacial score (nSPS) is 51.5. The number of fused-ring (bicyclic) bond motifs is 7. The highest BCUT2D eigenvalue weighted by Gasteiger charge is 2.66. The van der Waals surface area contributed by atoms with Crippen LogP contribution in [0, 0.1) is 57.7 Å². The van der Waals surface area contributed by atoms with Gasteiger partial charge in [0.1, 0.15) is 5.78 Å². The molecule has 33 heavy (non-hydrogen) atoms. The van der Waals surface area contributed by atoms with Crippen LogP contribution in [0.1, 0.15) is 85.5 Å². The summed E-state index contributed by atoms with van der Waals surface area (Å²) in [4.78, 5) is 38.4. The van der Waals surface area contributed by atoms with Gasteiger partial charge in [0.25, 0.3) is 0 Å². The number of hydrogen-bond acceptors (Lipinski definition) is 4. The minimum absolute atomic E-state index is 0.0310. The minimum atomic E-state index is -0.727. The van der Waals surface area contributed by atoms with Crippen molar-refractivity contribution in [2.45, 2.75) is 85.5 Å². The summed E-state index contributed by atoms with van der Waals surface area (Å²) in [5, 5.41) is 20.3. The topological polar surface area (TPSA) is 91.7 Å². The first-order valence-electron chi connectivity index (χ1n) is 13.1. The zero-order chi connectivity index (χ0) is 23.9. The second-order valence-corrected chi connectivity index (χ2v) is 13.0. The molecule has 4 fully saturated rings. The van der Waals surface area contributed by atoms with Crippen LogP contribution in [0.2, 0.25) is 0 Å². The Balaban J connectivity index is 1.55. The number of carbonyl (C=O) groups is 3. The van der Waals surface area contributed by atoms with E-state index in [9.17, 15) is 24.6 Å². The lowest BCUT2D eigenvalue weighted by molar-refractivity contribution is -0.187. The molecule has 182 valence electrons. The maximum Gasteiger partial charge on any atom is 0.303 e. The molecule has 4 saturated carbocycles. The van der Waals surface area contributed by atoms with E-state index in [2.05, 4.69) is 20.8 Å². The van der Waals surface area contributed by atoms with Gasteiger partial charge in [0.2, 0.25) is 0 Å². The van der Waals surface area contributed by atoms with E-state index in [1.54, 1.807) is 6.08 Å². The van der Waals surface area contributed by atoms with Crippen LogP contribution in [0.3, 0.4) is 0 Å². The highest BCUT2D eigenvalue weighted by Crippen LogP contribution is 2.70. The Morgan fingerprint density at radius 2 is 1.70 bits per heavy atom. The average Bonchev–Trinajstić information content (AvgIpc) is 2.73. The van der Waals surface area contributed by atoms with Crippen molar-refractivity contribution in [2.75, 3.05) is 0 Å². The SMILES string of the molecule is CC1CC[C@]2(CC(=O)O)CCC3C(C(=O)CC4C5(C)C=C(O)C(=O)C(C)C5CCC34C)C2C1. The van der Waals surface area contributed by atoms with E-state index in [0.29, 0.717) is 18.1 Å². The van der Waals surface area contributed by atoms with Crippen LogP contribution >= 0.6 is 0 Å². The molecular formula is C28H40O5. The number of carbonyl (C=O) groups excluding carboxylic acids is 2. The number of allylic oxidation sites excluding steroid dienone is 2. The van der Waals surface area contributed by atoms with Crippen LogP contribution in [0.5, 0.6) is 0 Å². The van der Waals surface area contributed by atoms with E-state index in [1.165, 1.54) is 0 Å². The molecule has 10 atom stereocenters. The number of ketones is 2. The summed E-state index contributed by atoms with van der Waals surface area (Å²) >= 11 is 0. The fourth-order valence-corrected chi connectivity index (χ4v) is 9.99. The van der Waals surface area contributed by atoms with E-state index >= 15 is 0 Å². The smallest absolute Gasteiger partial charge is 0.303 e. The molecule has 2 N–H and O–H groups in total. The molecule has 5 heteroatoms. The quantitative estimate of drug-likeness (QED) is 0.566. The Morgan fingerprint density at radius 3 is 2.39 bits per heavy atom. The Labute approximate surface area is 197 Å². The molecule has 0 aromatic heterocycles. The number of aliphatic hydroxyl groups excluding tert-OH is 1. The van der Waals surface area contributed by atoms with Crippen LogP contribution in [0.25, 0.3) is 0 Å². The molecule has 5 rings (SSSR count). The molecule has 0 spiro atoms. The van der Waals surface area contributed by atoms with Crippen molar-refractivity contribution in [3.8, 4) is 0 Å². The zero-order valence-corrected chi connectivity index (χ0v) is 20.6. The molecule has 9 unspecified atom stereocenters. The first-order chi connectivity index (χ1) is 15.4. The molecule has 0 heterocycles. The van der Waals surface area contributed by atoms with Gasteiger partial charge < -0.3 is 10.2 Å². The van der Waals surface area contributed by atoms with Crippen molar-refractivity contribution in [1.29, 1.82) is 0 Å². The average molecular weight is 457 g/mol. The maximum atomic E-state index is 14.0. The number of carboxylic acid groups (broad SMARTS) is 1. The van der Waals surface area contributed by atoms with Crippen LogP contribution in [-0.2, 0) is 14.4 Å². The number of Topliss-reactive ketones (excluding diaryl/α,β-unsaturated/α-hetero) is 2. The lowest BCUT2D eigenvalue weighted by atomic mass is 9.37. The summed E-state index contributed by atoms with van der Waals surface area (Å²) in [7, 11) is 0. The van der Waals surface area contributed by atoms with Crippen molar-refractivity contribution in [2.24, 2.45) is 57.7 Å². The molecule has 0 saturated heterocycles. The summed E-state index contributed by atoms with van der Waals surface area (Å²) in [6.07, 6.45) is 9.22. The van der Waals surface area contributed by atoms with E-state index in [4.69, 9.17) is 0 Å².